The third-order valence-electron chi connectivity index (χ3n) is 4.08. The Labute approximate surface area is 122 Å². The Morgan fingerprint density at radius 2 is 2.10 bits per heavy atom. The van der Waals surface area contributed by atoms with E-state index in [4.69, 9.17) is 9.15 Å². The summed E-state index contributed by atoms with van der Waals surface area (Å²) in [6, 6.07) is 9.33. The first kappa shape index (κ1) is 13.7. The number of rotatable bonds is 2. The second kappa shape index (κ2) is 5.61. The number of benzene rings is 1. The number of ether oxygens (including phenoxy) is 1. The summed E-state index contributed by atoms with van der Waals surface area (Å²) in [4.78, 5) is 11.5. The molecule has 1 heterocycles. The summed E-state index contributed by atoms with van der Waals surface area (Å²) in [6.07, 6.45) is 3.89. The van der Waals surface area contributed by atoms with E-state index >= 15 is 0 Å². The maximum absolute atomic E-state index is 11.5. The fraction of sp³-hybridized carbons (Fsp3) is 0.412. The minimum Gasteiger partial charge on any atom is -0.489 e. The van der Waals surface area contributed by atoms with Crippen LogP contribution in [-0.2, 0) is 0 Å². The summed E-state index contributed by atoms with van der Waals surface area (Å²) >= 11 is 0. The second-order valence-electron chi connectivity index (χ2n) is 5.58. The number of hydrogen-bond acceptors (Lipinski definition) is 4. The lowest BCUT2D eigenvalue weighted by molar-refractivity contribution is 0.120. The second-order valence-corrected chi connectivity index (χ2v) is 5.58. The van der Waals surface area contributed by atoms with Crippen molar-refractivity contribution in [2.24, 2.45) is 5.92 Å². The Morgan fingerprint density at radius 3 is 2.90 bits per heavy atom. The number of nitrogens with zero attached hydrogens (tertiary/aromatic N) is 1. The molecule has 4 nitrogen and oxygen atoms in total. The average molecular weight is 283 g/mol. The Kier molecular flexibility index (Phi) is 3.66. The predicted molar refractivity (Wildman–Crippen MR) is 79.2 cm³/mol. The van der Waals surface area contributed by atoms with Crippen LogP contribution in [0, 0.1) is 24.2 Å². The predicted octanol–water partition coefficient (Wildman–Crippen LogP) is 3.56. The molecule has 2 atom stereocenters. The number of fused-ring (bicyclic) bond motifs is 1. The van der Waals surface area contributed by atoms with Gasteiger partial charge < -0.3 is 9.15 Å². The largest absolute Gasteiger partial charge is 0.489 e. The first-order chi connectivity index (χ1) is 10.2. The maximum atomic E-state index is 11.5. The Bertz CT molecular complexity index is 757. The highest BCUT2D eigenvalue weighted by molar-refractivity contribution is 5.81. The standard InChI is InChI=1S/C17H17NO3/c1-11-8-17(19)21-16-9-13(6-7-14(11)16)20-15-5-3-2-4-12(15)10-18/h6-9,12,15H,2-5H2,1H3. The molecule has 1 saturated carbocycles. The fourth-order valence-corrected chi connectivity index (χ4v) is 2.94. The van der Waals surface area contributed by atoms with Crippen molar-refractivity contribution in [3.05, 3.63) is 40.2 Å². The lowest BCUT2D eigenvalue weighted by atomic mass is 9.87. The zero-order valence-corrected chi connectivity index (χ0v) is 12.0. The van der Waals surface area contributed by atoms with E-state index in [1.165, 1.54) is 6.07 Å². The van der Waals surface area contributed by atoms with E-state index < -0.39 is 0 Å². The van der Waals surface area contributed by atoms with Crippen LogP contribution in [0.1, 0.15) is 31.2 Å². The molecule has 1 aromatic carbocycles. The quantitative estimate of drug-likeness (QED) is 0.790. The summed E-state index contributed by atoms with van der Waals surface area (Å²) in [5, 5.41) is 10.1. The van der Waals surface area contributed by atoms with Gasteiger partial charge in [-0.25, -0.2) is 4.79 Å². The third-order valence-corrected chi connectivity index (χ3v) is 4.08. The maximum Gasteiger partial charge on any atom is 0.336 e. The van der Waals surface area contributed by atoms with Crippen molar-refractivity contribution >= 4 is 11.0 Å². The normalized spacial score (nSPS) is 21.9. The van der Waals surface area contributed by atoms with Gasteiger partial charge in [0, 0.05) is 17.5 Å². The number of hydrogen-bond donors (Lipinski definition) is 0. The molecule has 1 fully saturated rings. The van der Waals surface area contributed by atoms with Crippen molar-refractivity contribution in [3.8, 4) is 11.8 Å². The van der Waals surface area contributed by atoms with Gasteiger partial charge in [0.2, 0.25) is 0 Å². The molecule has 0 radical (unpaired) electrons. The molecule has 0 aliphatic heterocycles. The minimum absolute atomic E-state index is 0.0565. The first-order valence-electron chi connectivity index (χ1n) is 7.28. The molecule has 1 aromatic heterocycles. The van der Waals surface area contributed by atoms with E-state index in [1.54, 1.807) is 6.07 Å². The molecule has 4 heteroatoms. The van der Waals surface area contributed by atoms with Gasteiger partial charge in [-0.05, 0) is 43.9 Å². The van der Waals surface area contributed by atoms with Gasteiger partial charge in [0.05, 0.1) is 12.0 Å². The van der Waals surface area contributed by atoms with Gasteiger partial charge in [0.1, 0.15) is 17.4 Å². The Hall–Kier alpha value is -2.28. The van der Waals surface area contributed by atoms with Gasteiger partial charge in [-0.2, -0.15) is 5.26 Å². The van der Waals surface area contributed by atoms with Crippen molar-refractivity contribution < 1.29 is 9.15 Å². The highest BCUT2D eigenvalue weighted by Crippen LogP contribution is 2.29. The number of nitriles is 1. The van der Waals surface area contributed by atoms with Gasteiger partial charge >= 0.3 is 5.63 Å². The molecule has 0 saturated heterocycles. The van der Waals surface area contributed by atoms with Gasteiger partial charge in [-0.3, -0.25) is 0 Å². The fourth-order valence-electron chi connectivity index (χ4n) is 2.94. The van der Waals surface area contributed by atoms with Crippen LogP contribution < -0.4 is 10.4 Å². The summed E-state index contributed by atoms with van der Waals surface area (Å²) in [7, 11) is 0. The lowest BCUT2D eigenvalue weighted by Crippen LogP contribution is -2.29. The summed E-state index contributed by atoms with van der Waals surface area (Å²) in [6.45, 7) is 1.88. The van der Waals surface area contributed by atoms with E-state index in [0.29, 0.717) is 11.3 Å². The van der Waals surface area contributed by atoms with E-state index in [2.05, 4.69) is 6.07 Å². The van der Waals surface area contributed by atoms with Crippen LogP contribution in [0.25, 0.3) is 11.0 Å². The van der Waals surface area contributed by atoms with Crippen LogP contribution in [-0.4, -0.2) is 6.10 Å². The van der Waals surface area contributed by atoms with Crippen LogP contribution in [0.3, 0.4) is 0 Å². The topological polar surface area (TPSA) is 63.2 Å². The van der Waals surface area contributed by atoms with E-state index in [9.17, 15) is 10.1 Å². The third kappa shape index (κ3) is 2.78. The Balaban J connectivity index is 1.91. The molecule has 0 spiro atoms. The van der Waals surface area contributed by atoms with Crippen molar-refractivity contribution in [3.63, 3.8) is 0 Å². The molecule has 108 valence electrons. The SMILES string of the molecule is Cc1cc(=O)oc2cc(OC3CCCCC3C#N)ccc12. The monoisotopic (exact) mass is 283 g/mol. The zero-order valence-electron chi connectivity index (χ0n) is 12.0. The summed E-state index contributed by atoms with van der Waals surface area (Å²) in [5.74, 6) is 0.599. The molecule has 2 unspecified atom stereocenters. The molecule has 3 rings (SSSR count). The smallest absolute Gasteiger partial charge is 0.336 e. The molecule has 0 amide bonds. The van der Waals surface area contributed by atoms with Crippen molar-refractivity contribution in [1.29, 1.82) is 5.26 Å². The van der Waals surface area contributed by atoms with E-state index in [0.717, 1.165) is 36.6 Å². The molecule has 0 bridgehead atoms. The average Bonchev–Trinajstić information content (AvgIpc) is 2.47. The molecular weight excluding hydrogens is 266 g/mol. The minimum atomic E-state index is -0.357. The van der Waals surface area contributed by atoms with Crippen LogP contribution in [0.4, 0.5) is 0 Å². The van der Waals surface area contributed by atoms with E-state index in [1.807, 2.05) is 19.1 Å². The zero-order chi connectivity index (χ0) is 14.8. The van der Waals surface area contributed by atoms with Crippen LogP contribution in [0.2, 0.25) is 0 Å². The van der Waals surface area contributed by atoms with Crippen molar-refractivity contribution in [2.75, 3.05) is 0 Å². The molecule has 1 aliphatic carbocycles. The highest BCUT2D eigenvalue weighted by atomic mass is 16.5. The highest BCUT2D eigenvalue weighted by Gasteiger charge is 2.26. The van der Waals surface area contributed by atoms with Gasteiger partial charge in [0.15, 0.2) is 0 Å². The summed E-state index contributed by atoms with van der Waals surface area (Å²) in [5.41, 5.74) is 1.06. The molecule has 21 heavy (non-hydrogen) atoms. The van der Waals surface area contributed by atoms with Gasteiger partial charge in [0.25, 0.3) is 0 Å². The number of aryl methyl sites for hydroxylation is 1. The molecule has 0 N–H and O–H groups in total. The van der Waals surface area contributed by atoms with E-state index in [-0.39, 0.29) is 17.6 Å². The molecule has 1 aliphatic rings. The lowest BCUT2D eigenvalue weighted by Gasteiger charge is -2.27. The van der Waals surface area contributed by atoms with Crippen molar-refractivity contribution in [2.45, 2.75) is 38.7 Å². The van der Waals surface area contributed by atoms with Crippen LogP contribution in [0.5, 0.6) is 5.75 Å². The first-order valence-corrected chi connectivity index (χ1v) is 7.28. The van der Waals surface area contributed by atoms with Crippen LogP contribution in [0.15, 0.2) is 33.5 Å². The molecular formula is C17H17NO3. The van der Waals surface area contributed by atoms with Crippen molar-refractivity contribution in [1.82, 2.24) is 0 Å². The Morgan fingerprint density at radius 1 is 1.29 bits per heavy atom. The van der Waals surface area contributed by atoms with Gasteiger partial charge in [-0.1, -0.05) is 6.42 Å². The summed E-state index contributed by atoms with van der Waals surface area (Å²) < 4.78 is 11.2. The van der Waals surface area contributed by atoms with Crippen LogP contribution >= 0.6 is 0 Å². The molecule has 2 aromatic rings. The van der Waals surface area contributed by atoms with Gasteiger partial charge in [-0.15, -0.1) is 0 Å².